The van der Waals surface area contributed by atoms with E-state index in [0.717, 1.165) is 25.1 Å². The minimum absolute atomic E-state index is 0.243. The van der Waals surface area contributed by atoms with Crippen LogP contribution in [0, 0.1) is 12.8 Å². The van der Waals surface area contributed by atoms with Gasteiger partial charge in [-0.1, -0.05) is 0 Å². The Morgan fingerprint density at radius 3 is 2.77 bits per heavy atom. The molecule has 22 heavy (non-hydrogen) atoms. The molecule has 0 radical (unpaired) electrons. The highest BCUT2D eigenvalue weighted by molar-refractivity contribution is 5.68. The number of hydrogen-bond acceptors (Lipinski definition) is 5. The van der Waals surface area contributed by atoms with E-state index in [0.29, 0.717) is 24.9 Å². The zero-order chi connectivity index (χ0) is 16.2. The van der Waals surface area contributed by atoms with Crippen molar-refractivity contribution in [1.29, 1.82) is 0 Å². The topological polar surface area (TPSA) is 64.5 Å². The van der Waals surface area contributed by atoms with Gasteiger partial charge in [0.05, 0.1) is 12.3 Å². The van der Waals surface area contributed by atoms with Crippen LogP contribution in [0.1, 0.15) is 39.3 Å². The Morgan fingerprint density at radius 2 is 2.14 bits per heavy atom. The fourth-order valence-corrected chi connectivity index (χ4v) is 2.36. The molecule has 1 aliphatic heterocycles. The first-order valence-electron chi connectivity index (χ1n) is 7.74. The van der Waals surface area contributed by atoms with Crippen molar-refractivity contribution < 1.29 is 14.3 Å². The standard InChI is InChI=1S/C16H25N3O3/c1-12-7-8-14(18-17-12)21-11-13-6-5-9-19(10-13)15(20)22-16(2,3)4/h7-8,13H,5-6,9-11H2,1-4H3/t13-/m1/s1. The van der Waals surface area contributed by atoms with Gasteiger partial charge in [-0.05, 0) is 46.6 Å². The third kappa shape index (κ3) is 5.16. The Balaban J connectivity index is 1.82. The lowest BCUT2D eigenvalue weighted by Crippen LogP contribution is -2.44. The second-order valence-corrected chi connectivity index (χ2v) is 6.76. The Kier molecular flexibility index (Phi) is 5.21. The van der Waals surface area contributed by atoms with Gasteiger partial charge in [-0.15, -0.1) is 5.10 Å². The van der Waals surface area contributed by atoms with Crippen molar-refractivity contribution in [3.63, 3.8) is 0 Å². The van der Waals surface area contributed by atoms with Crippen molar-refractivity contribution in [2.24, 2.45) is 5.92 Å². The van der Waals surface area contributed by atoms with Gasteiger partial charge in [0.1, 0.15) is 5.60 Å². The number of hydrogen-bond donors (Lipinski definition) is 0. The Bertz CT molecular complexity index is 496. The van der Waals surface area contributed by atoms with Gasteiger partial charge in [-0.25, -0.2) is 4.79 Å². The second kappa shape index (κ2) is 6.94. The lowest BCUT2D eigenvalue weighted by molar-refractivity contribution is 0.0138. The molecule has 0 spiro atoms. The third-order valence-electron chi connectivity index (χ3n) is 3.41. The molecule has 1 aromatic heterocycles. The molecule has 0 N–H and O–H groups in total. The van der Waals surface area contributed by atoms with Crippen molar-refractivity contribution in [2.75, 3.05) is 19.7 Å². The Labute approximate surface area is 131 Å². The van der Waals surface area contributed by atoms with Gasteiger partial charge in [0.15, 0.2) is 0 Å². The first-order chi connectivity index (χ1) is 10.3. The lowest BCUT2D eigenvalue weighted by Gasteiger charge is -2.33. The summed E-state index contributed by atoms with van der Waals surface area (Å²) in [6.45, 7) is 9.47. The van der Waals surface area contributed by atoms with Crippen molar-refractivity contribution in [3.8, 4) is 5.88 Å². The van der Waals surface area contributed by atoms with Crippen LogP contribution in [0.4, 0.5) is 4.79 Å². The van der Waals surface area contributed by atoms with Gasteiger partial charge in [0, 0.05) is 25.1 Å². The Morgan fingerprint density at radius 1 is 1.36 bits per heavy atom. The monoisotopic (exact) mass is 307 g/mol. The average Bonchev–Trinajstić information content (AvgIpc) is 2.45. The lowest BCUT2D eigenvalue weighted by atomic mass is 9.99. The number of piperidine rings is 1. The fourth-order valence-electron chi connectivity index (χ4n) is 2.36. The number of nitrogens with zero attached hydrogens (tertiary/aromatic N) is 3. The number of rotatable bonds is 3. The summed E-state index contributed by atoms with van der Waals surface area (Å²) in [4.78, 5) is 13.9. The highest BCUT2D eigenvalue weighted by Gasteiger charge is 2.27. The molecule has 0 aliphatic carbocycles. The molecule has 0 bridgehead atoms. The second-order valence-electron chi connectivity index (χ2n) is 6.76. The van der Waals surface area contributed by atoms with E-state index in [1.807, 2.05) is 39.8 Å². The molecule has 0 saturated carbocycles. The molecular formula is C16H25N3O3. The molecule has 122 valence electrons. The van der Waals surface area contributed by atoms with Crippen LogP contribution >= 0.6 is 0 Å². The molecule has 6 heteroatoms. The molecule has 0 unspecified atom stereocenters. The smallest absolute Gasteiger partial charge is 0.410 e. The number of carbonyl (C=O) groups excluding carboxylic acids is 1. The number of aromatic nitrogens is 2. The van der Waals surface area contributed by atoms with Crippen molar-refractivity contribution >= 4 is 6.09 Å². The van der Waals surface area contributed by atoms with Crippen LogP contribution in [0.15, 0.2) is 12.1 Å². The quantitative estimate of drug-likeness (QED) is 0.859. The van der Waals surface area contributed by atoms with Crippen LogP contribution < -0.4 is 4.74 Å². The van der Waals surface area contributed by atoms with E-state index in [2.05, 4.69) is 10.2 Å². The molecular weight excluding hydrogens is 282 g/mol. The SMILES string of the molecule is Cc1ccc(OC[C@@H]2CCCN(C(=O)OC(C)(C)C)C2)nn1. The van der Waals surface area contributed by atoms with Crippen LogP contribution in [0.25, 0.3) is 0 Å². The summed E-state index contributed by atoms with van der Waals surface area (Å²) in [6.07, 6.45) is 1.76. The summed E-state index contributed by atoms with van der Waals surface area (Å²) < 4.78 is 11.1. The molecule has 2 rings (SSSR count). The van der Waals surface area contributed by atoms with Crippen LogP contribution in [0.2, 0.25) is 0 Å². The molecule has 1 aromatic rings. The van der Waals surface area contributed by atoms with E-state index in [-0.39, 0.29) is 6.09 Å². The molecule has 1 fully saturated rings. The average molecular weight is 307 g/mol. The first kappa shape index (κ1) is 16.5. The summed E-state index contributed by atoms with van der Waals surface area (Å²) in [7, 11) is 0. The molecule has 1 atom stereocenters. The maximum atomic E-state index is 12.1. The number of carbonyl (C=O) groups is 1. The highest BCUT2D eigenvalue weighted by Crippen LogP contribution is 2.20. The number of likely N-dealkylation sites (tertiary alicyclic amines) is 1. The normalized spacial score (nSPS) is 18.9. The van der Waals surface area contributed by atoms with Gasteiger partial charge >= 0.3 is 6.09 Å². The van der Waals surface area contributed by atoms with Crippen LogP contribution in [-0.4, -0.2) is 46.5 Å². The molecule has 6 nitrogen and oxygen atoms in total. The number of aryl methyl sites for hydroxylation is 1. The molecule has 1 aliphatic rings. The van der Waals surface area contributed by atoms with Gasteiger partial charge in [0.2, 0.25) is 5.88 Å². The number of ether oxygens (including phenoxy) is 2. The minimum atomic E-state index is -0.460. The van der Waals surface area contributed by atoms with E-state index < -0.39 is 5.60 Å². The summed E-state index contributed by atoms with van der Waals surface area (Å²) in [6, 6.07) is 3.69. The van der Waals surface area contributed by atoms with Crippen molar-refractivity contribution in [1.82, 2.24) is 15.1 Å². The predicted octanol–water partition coefficient (Wildman–Crippen LogP) is 2.81. The van der Waals surface area contributed by atoms with E-state index in [1.54, 1.807) is 4.90 Å². The van der Waals surface area contributed by atoms with Crippen molar-refractivity contribution in [2.45, 2.75) is 46.1 Å². The molecule has 1 saturated heterocycles. The van der Waals surface area contributed by atoms with Gasteiger partial charge in [0.25, 0.3) is 0 Å². The van der Waals surface area contributed by atoms with Crippen molar-refractivity contribution in [3.05, 3.63) is 17.8 Å². The Hall–Kier alpha value is -1.85. The maximum Gasteiger partial charge on any atom is 0.410 e. The van der Waals surface area contributed by atoms with E-state index in [1.165, 1.54) is 0 Å². The largest absolute Gasteiger partial charge is 0.476 e. The zero-order valence-electron chi connectivity index (χ0n) is 13.8. The molecule has 0 aromatic carbocycles. The zero-order valence-corrected chi connectivity index (χ0v) is 13.8. The first-order valence-corrected chi connectivity index (χ1v) is 7.74. The van der Waals surface area contributed by atoms with Gasteiger partial charge in [-0.2, -0.15) is 5.10 Å². The van der Waals surface area contributed by atoms with E-state index in [9.17, 15) is 4.79 Å². The van der Waals surface area contributed by atoms with E-state index in [4.69, 9.17) is 9.47 Å². The molecule has 1 amide bonds. The van der Waals surface area contributed by atoms with Crippen LogP contribution in [0.3, 0.4) is 0 Å². The summed E-state index contributed by atoms with van der Waals surface area (Å²) in [5.41, 5.74) is 0.402. The maximum absolute atomic E-state index is 12.1. The van der Waals surface area contributed by atoms with Gasteiger partial charge in [-0.3, -0.25) is 0 Å². The van der Waals surface area contributed by atoms with Crippen LogP contribution in [-0.2, 0) is 4.74 Å². The van der Waals surface area contributed by atoms with E-state index >= 15 is 0 Å². The third-order valence-corrected chi connectivity index (χ3v) is 3.41. The van der Waals surface area contributed by atoms with Crippen LogP contribution in [0.5, 0.6) is 5.88 Å². The summed E-state index contributed by atoms with van der Waals surface area (Å²) in [5.74, 6) is 0.823. The van der Waals surface area contributed by atoms with Gasteiger partial charge < -0.3 is 14.4 Å². The highest BCUT2D eigenvalue weighted by atomic mass is 16.6. The predicted molar refractivity (Wildman–Crippen MR) is 82.8 cm³/mol. The summed E-state index contributed by atoms with van der Waals surface area (Å²) in [5, 5.41) is 7.95. The minimum Gasteiger partial charge on any atom is -0.476 e. The molecule has 2 heterocycles. The summed E-state index contributed by atoms with van der Waals surface area (Å²) >= 11 is 0. The fraction of sp³-hybridized carbons (Fsp3) is 0.688. The number of amides is 1.